The molecule has 0 saturated carbocycles. The lowest BCUT2D eigenvalue weighted by atomic mass is 10.2. The van der Waals surface area contributed by atoms with Gasteiger partial charge in [0.05, 0.1) is 16.7 Å². The molecule has 0 aliphatic heterocycles. The molecule has 0 spiro atoms. The Morgan fingerprint density at radius 3 is 2.46 bits per heavy atom. The number of nitro groups is 1. The van der Waals surface area contributed by atoms with E-state index in [0.717, 1.165) is 6.07 Å². The topological polar surface area (TPSA) is 144 Å². The van der Waals surface area contributed by atoms with Gasteiger partial charge in [-0.25, -0.2) is 18.2 Å². The number of hydrogen-bond acceptors (Lipinski definition) is 9. The summed E-state index contributed by atoms with van der Waals surface area (Å²) < 4.78 is 31.6. The molecule has 0 unspecified atom stereocenters. The van der Waals surface area contributed by atoms with Gasteiger partial charge in [0.25, 0.3) is 5.69 Å². The first-order valence-corrected chi connectivity index (χ1v) is 12.0. The minimum absolute atomic E-state index is 0.0671. The summed E-state index contributed by atoms with van der Waals surface area (Å²) in [5.74, 6) is -0.0881. The molecular weight excluding hydrogens is 474 g/mol. The lowest BCUT2D eigenvalue weighted by Gasteiger charge is -2.18. The maximum atomic E-state index is 12.5. The van der Waals surface area contributed by atoms with E-state index in [1.165, 1.54) is 47.0 Å². The molecule has 0 aliphatic carbocycles. The molecule has 11 nitrogen and oxygen atoms in total. The van der Waals surface area contributed by atoms with Gasteiger partial charge >= 0.3 is 5.97 Å². The summed E-state index contributed by atoms with van der Waals surface area (Å²) in [7, 11) is -3.58. The number of esters is 1. The highest BCUT2D eigenvalue weighted by molar-refractivity contribution is 7.89. The Labute approximate surface area is 202 Å². The quantitative estimate of drug-likeness (QED) is 0.147. The molecule has 0 radical (unpaired) electrons. The van der Waals surface area contributed by atoms with Crippen molar-refractivity contribution >= 4 is 33.7 Å². The third-order valence-corrected chi connectivity index (χ3v) is 6.89. The van der Waals surface area contributed by atoms with Crippen LogP contribution in [0, 0.1) is 10.1 Å². The van der Waals surface area contributed by atoms with Crippen LogP contribution in [0.5, 0.6) is 5.75 Å². The van der Waals surface area contributed by atoms with E-state index in [-0.39, 0.29) is 21.9 Å². The third kappa shape index (κ3) is 6.46. The first-order valence-electron chi connectivity index (χ1n) is 10.6. The van der Waals surface area contributed by atoms with Crippen LogP contribution in [0.1, 0.15) is 29.8 Å². The number of ether oxygens (including phenoxy) is 1. The number of anilines is 1. The molecule has 1 aromatic heterocycles. The highest BCUT2D eigenvalue weighted by Crippen LogP contribution is 2.18. The third-order valence-electron chi connectivity index (χ3n) is 4.86. The van der Waals surface area contributed by atoms with Crippen molar-refractivity contribution in [3.63, 3.8) is 0 Å². The van der Waals surface area contributed by atoms with Crippen molar-refractivity contribution in [3.05, 3.63) is 88.1 Å². The normalized spacial score (nSPS) is 11.5. The van der Waals surface area contributed by atoms with Gasteiger partial charge < -0.3 is 4.74 Å². The molecule has 3 rings (SSSR count). The average molecular weight is 498 g/mol. The second-order valence-corrected chi connectivity index (χ2v) is 9.04. The van der Waals surface area contributed by atoms with Crippen molar-refractivity contribution in [2.24, 2.45) is 5.10 Å². The van der Waals surface area contributed by atoms with Crippen LogP contribution in [0.3, 0.4) is 0 Å². The predicted octanol–water partition coefficient (Wildman–Crippen LogP) is 3.69. The molecule has 2 aromatic carbocycles. The van der Waals surface area contributed by atoms with Crippen molar-refractivity contribution in [1.29, 1.82) is 0 Å². The molecule has 0 amide bonds. The van der Waals surface area contributed by atoms with Crippen LogP contribution in [0.4, 0.5) is 11.5 Å². The van der Waals surface area contributed by atoms with E-state index < -0.39 is 20.9 Å². The van der Waals surface area contributed by atoms with E-state index in [0.29, 0.717) is 24.5 Å². The van der Waals surface area contributed by atoms with Crippen LogP contribution in [0.15, 0.2) is 76.9 Å². The van der Waals surface area contributed by atoms with Crippen LogP contribution in [0.2, 0.25) is 0 Å². The van der Waals surface area contributed by atoms with Gasteiger partial charge in [0.2, 0.25) is 10.0 Å². The van der Waals surface area contributed by atoms with Gasteiger partial charge in [0, 0.05) is 31.4 Å². The summed E-state index contributed by atoms with van der Waals surface area (Å²) in [6.07, 6.45) is 2.78. The molecule has 12 heteroatoms. The van der Waals surface area contributed by atoms with Gasteiger partial charge in [-0.3, -0.25) is 15.5 Å². The Morgan fingerprint density at radius 1 is 1.14 bits per heavy atom. The minimum Gasteiger partial charge on any atom is -0.423 e. The van der Waals surface area contributed by atoms with E-state index in [1.54, 1.807) is 38.1 Å². The molecule has 0 atom stereocenters. The Hall–Kier alpha value is -4.16. The van der Waals surface area contributed by atoms with Crippen LogP contribution in [0.25, 0.3) is 0 Å². The molecule has 0 bridgehead atoms. The summed E-state index contributed by atoms with van der Waals surface area (Å²) in [4.78, 5) is 26.7. The molecule has 182 valence electrons. The summed E-state index contributed by atoms with van der Waals surface area (Å²) in [6, 6.07) is 14.7. The van der Waals surface area contributed by atoms with E-state index >= 15 is 0 Å². The lowest BCUT2D eigenvalue weighted by Crippen LogP contribution is -2.30. The number of nitro benzene ring substituents is 1. The Kier molecular flexibility index (Phi) is 8.23. The summed E-state index contributed by atoms with van der Waals surface area (Å²) >= 11 is 0. The number of benzene rings is 2. The van der Waals surface area contributed by atoms with E-state index in [9.17, 15) is 23.3 Å². The van der Waals surface area contributed by atoms with E-state index in [4.69, 9.17) is 4.74 Å². The molecule has 1 heterocycles. The highest BCUT2D eigenvalue weighted by atomic mass is 32.2. The number of nitrogens with zero attached hydrogens (tertiary/aromatic N) is 4. The van der Waals surface area contributed by atoms with E-state index in [2.05, 4.69) is 15.5 Å². The molecule has 1 N–H and O–H groups in total. The number of hydrazone groups is 1. The number of hydrogen-bond donors (Lipinski definition) is 1. The van der Waals surface area contributed by atoms with Crippen molar-refractivity contribution in [2.75, 3.05) is 18.5 Å². The van der Waals surface area contributed by atoms with Gasteiger partial charge in [0.15, 0.2) is 0 Å². The number of pyridine rings is 1. The van der Waals surface area contributed by atoms with Crippen molar-refractivity contribution < 1.29 is 22.9 Å². The predicted molar refractivity (Wildman–Crippen MR) is 130 cm³/mol. The Balaban J connectivity index is 1.58. The standard InChI is InChI=1S/C23H23N5O6S/c1-3-27(4-2)35(32,33)21-12-13-22(24-16-21)26-25-15-17-8-10-20(11-9-17)34-23(29)18-6-5-7-19(14-18)28(30)31/h5-16H,3-4H2,1-2H3,(H,24,26)/b25-15+. The number of carbonyl (C=O) groups is 1. The van der Waals surface area contributed by atoms with Gasteiger partial charge in [0.1, 0.15) is 16.5 Å². The van der Waals surface area contributed by atoms with E-state index in [1.807, 2.05) is 0 Å². The van der Waals surface area contributed by atoms with Crippen LogP contribution in [-0.2, 0) is 10.0 Å². The van der Waals surface area contributed by atoms with Crippen molar-refractivity contribution in [3.8, 4) is 5.75 Å². The molecule has 3 aromatic rings. The first kappa shape index (κ1) is 25.5. The van der Waals surface area contributed by atoms with Crippen LogP contribution < -0.4 is 10.2 Å². The summed E-state index contributed by atoms with van der Waals surface area (Å²) in [6.45, 7) is 4.28. The van der Waals surface area contributed by atoms with Gasteiger partial charge in [-0.1, -0.05) is 19.9 Å². The highest BCUT2D eigenvalue weighted by Gasteiger charge is 2.21. The number of carbonyl (C=O) groups excluding carboxylic acids is 1. The lowest BCUT2D eigenvalue weighted by molar-refractivity contribution is -0.384. The fourth-order valence-corrected chi connectivity index (χ4v) is 4.42. The summed E-state index contributed by atoms with van der Waals surface area (Å²) in [5.41, 5.74) is 3.28. The van der Waals surface area contributed by atoms with Crippen molar-refractivity contribution in [1.82, 2.24) is 9.29 Å². The maximum absolute atomic E-state index is 12.5. The molecule has 0 aliphatic rings. The Morgan fingerprint density at radius 2 is 1.86 bits per heavy atom. The van der Waals surface area contributed by atoms with Crippen LogP contribution in [-0.4, -0.2) is 47.9 Å². The van der Waals surface area contributed by atoms with Gasteiger partial charge in [-0.2, -0.15) is 9.41 Å². The molecule has 0 fully saturated rings. The average Bonchev–Trinajstić information content (AvgIpc) is 2.86. The number of rotatable bonds is 10. The zero-order valence-corrected chi connectivity index (χ0v) is 19.8. The Bertz CT molecular complexity index is 1320. The monoisotopic (exact) mass is 497 g/mol. The number of nitrogens with one attached hydrogen (secondary N) is 1. The molecule has 0 saturated heterocycles. The molecular formula is C23H23N5O6S. The fourth-order valence-electron chi connectivity index (χ4n) is 3.02. The van der Waals surface area contributed by atoms with Crippen LogP contribution >= 0.6 is 0 Å². The second-order valence-electron chi connectivity index (χ2n) is 7.10. The first-order chi connectivity index (χ1) is 16.7. The van der Waals surface area contributed by atoms with Gasteiger partial charge in [-0.05, 0) is 48.0 Å². The second kappa shape index (κ2) is 11.3. The number of aromatic nitrogens is 1. The fraction of sp³-hybridized carbons (Fsp3) is 0.174. The maximum Gasteiger partial charge on any atom is 0.343 e. The zero-order valence-electron chi connectivity index (χ0n) is 19.0. The summed E-state index contributed by atoms with van der Waals surface area (Å²) in [5, 5.41) is 14.9. The molecule has 35 heavy (non-hydrogen) atoms. The largest absolute Gasteiger partial charge is 0.423 e. The zero-order chi connectivity index (χ0) is 25.4. The SMILES string of the molecule is CCN(CC)S(=O)(=O)c1ccc(N/N=C/c2ccc(OC(=O)c3cccc([N+](=O)[O-])c3)cc2)nc1. The van der Waals surface area contributed by atoms with Gasteiger partial charge in [-0.15, -0.1) is 0 Å². The number of sulfonamides is 1. The number of non-ortho nitro benzene ring substituents is 1. The smallest absolute Gasteiger partial charge is 0.343 e. The minimum atomic E-state index is -3.58. The van der Waals surface area contributed by atoms with Crippen molar-refractivity contribution in [2.45, 2.75) is 18.7 Å².